The lowest BCUT2D eigenvalue weighted by Gasteiger charge is -2.21. The molecule has 0 unspecified atom stereocenters. The summed E-state index contributed by atoms with van der Waals surface area (Å²) in [7, 11) is 0. The standard InChI is InChI=1S/C57H36O/c1-57(2)53-21-11-9-19-42(53)51-28-34(24-26-54(51)57)45-30-48-37-15-5-3-13-35(37)44(29-47(48)38-16-6-4-14-36(38)45)33-23-25-41-46(27-33)39-17-7-8-18-40(39)49-31-52-43-20-10-12-22-55(43)58-56(52)32-50(41)49/h3-32H,1-2H3. The predicted molar refractivity (Wildman–Crippen MR) is 247 cm³/mol. The molecule has 1 nitrogen and oxygen atoms in total. The second-order valence-electron chi connectivity index (χ2n) is 16.8. The molecule has 1 aromatic heterocycles. The summed E-state index contributed by atoms with van der Waals surface area (Å²) in [5.41, 5.74) is 12.3. The van der Waals surface area contributed by atoms with E-state index in [1.54, 1.807) is 0 Å². The quantitative estimate of drug-likeness (QED) is 0.161. The highest BCUT2D eigenvalue weighted by Gasteiger charge is 2.35. The van der Waals surface area contributed by atoms with Gasteiger partial charge in [0.25, 0.3) is 0 Å². The molecule has 0 radical (unpaired) electrons. The molecule has 1 heteroatoms. The second kappa shape index (κ2) is 11.4. The van der Waals surface area contributed by atoms with Crippen LogP contribution in [0.25, 0.3) is 120 Å². The van der Waals surface area contributed by atoms with Gasteiger partial charge < -0.3 is 4.42 Å². The lowest BCUT2D eigenvalue weighted by atomic mass is 9.82. The average Bonchev–Trinajstić information content (AvgIpc) is 3.75. The molecule has 0 saturated carbocycles. The van der Waals surface area contributed by atoms with Crippen LogP contribution in [0.15, 0.2) is 186 Å². The Bertz CT molecular complexity index is 3760. The Kier molecular flexibility index (Phi) is 6.29. The average molecular weight is 737 g/mol. The van der Waals surface area contributed by atoms with Crippen molar-refractivity contribution in [2.24, 2.45) is 0 Å². The number of para-hydroxylation sites is 1. The van der Waals surface area contributed by atoms with E-state index in [4.69, 9.17) is 4.42 Å². The maximum absolute atomic E-state index is 6.42. The highest BCUT2D eigenvalue weighted by atomic mass is 16.3. The largest absolute Gasteiger partial charge is 0.456 e. The third kappa shape index (κ3) is 4.25. The van der Waals surface area contributed by atoms with Gasteiger partial charge in [-0.3, -0.25) is 0 Å². The van der Waals surface area contributed by atoms with E-state index in [1.165, 1.54) is 109 Å². The Balaban J connectivity index is 1.06. The molecule has 1 heterocycles. The molecule has 0 aliphatic heterocycles. The summed E-state index contributed by atoms with van der Waals surface area (Å²) >= 11 is 0. The molecule has 13 rings (SSSR count). The minimum atomic E-state index is -0.0221. The van der Waals surface area contributed by atoms with E-state index in [0.29, 0.717) is 0 Å². The number of benzene rings is 11. The molecule has 0 fully saturated rings. The first-order valence-electron chi connectivity index (χ1n) is 20.3. The van der Waals surface area contributed by atoms with Crippen LogP contribution in [0.4, 0.5) is 0 Å². The Hall–Kier alpha value is -7.22. The van der Waals surface area contributed by atoms with Gasteiger partial charge in [-0.25, -0.2) is 0 Å². The zero-order valence-electron chi connectivity index (χ0n) is 32.2. The predicted octanol–water partition coefficient (Wildman–Crippen LogP) is 16.1. The van der Waals surface area contributed by atoms with Crippen LogP contribution in [0.2, 0.25) is 0 Å². The fourth-order valence-electron chi connectivity index (χ4n) is 10.7. The van der Waals surface area contributed by atoms with Gasteiger partial charge in [-0.1, -0.05) is 153 Å². The van der Waals surface area contributed by atoms with Gasteiger partial charge in [-0.05, 0) is 152 Å². The van der Waals surface area contributed by atoms with E-state index < -0.39 is 0 Å². The number of hydrogen-bond donors (Lipinski definition) is 0. The monoisotopic (exact) mass is 736 g/mol. The maximum atomic E-state index is 6.42. The Morgan fingerprint density at radius 2 is 0.741 bits per heavy atom. The first kappa shape index (κ1) is 31.9. The normalized spacial score (nSPS) is 13.5. The Labute approximate surface area is 335 Å². The number of hydrogen-bond acceptors (Lipinski definition) is 1. The van der Waals surface area contributed by atoms with Crippen LogP contribution in [0, 0.1) is 0 Å². The zero-order valence-corrected chi connectivity index (χ0v) is 32.2. The molecule has 0 N–H and O–H groups in total. The summed E-state index contributed by atoms with van der Waals surface area (Å²) in [6, 6.07) is 67.9. The summed E-state index contributed by atoms with van der Waals surface area (Å²) in [4.78, 5) is 0. The van der Waals surface area contributed by atoms with Gasteiger partial charge >= 0.3 is 0 Å². The maximum Gasteiger partial charge on any atom is 0.136 e. The van der Waals surface area contributed by atoms with Gasteiger partial charge in [0.1, 0.15) is 11.2 Å². The fourth-order valence-corrected chi connectivity index (χ4v) is 10.7. The summed E-state index contributed by atoms with van der Waals surface area (Å²) < 4.78 is 6.42. The van der Waals surface area contributed by atoms with Gasteiger partial charge in [0.15, 0.2) is 0 Å². The summed E-state index contributed by atoms with van der Waals surface area (Å²) in [5.74, 6) is 0. The molecule has 58 heavy (non-hydrogen) atoms. The zero-order chi connectivity index (χ0) is 38.3. The van der Waals surface area contributed by atoms with Crippen LogP contribution >= 0.6 is 0 Å². The SMILES string of the molecule is CC1(C)c2ccccc2-c2cc(-c3cc4c5ccccc5c(-c5ccc6c(c5)c5ccccc5c5cc7c(cc65)oc5ccccc57)cc4c4ccccc34)ccc21. The van der Waals surface area contributed by atoms with Crippen LogP contribution in [0.3, 0.4) is 0 Å². The molecular weight excluding hydrogens is 701 g/mol. The number of rotatable bonds is 2. The molecule has 11 aromatic carbocycles. The highest BCUT2D eigenvalue weighted by Crippen LogP contribution is 2.51. The molecule has 0 saturated heterocycles. The Morgan fingerprint density at radius 1 is 0.276 bits per heavy atom. The molecule has 12 aromatic rings. The lowest BCUT2D eigenvalue weighted by Crippen LogP contribution is -2.14. The summed E-state index contributed by atoms with van der Waals surface area (Å²) in [6.45, 7) is 4.71. The van der Waals surface area contributed by atoms with Gasteiger partial charge in [-0.15, -0.1) is 0 Å². The van der Waals surface area contributed by atoms with Crippen molar-refractivity contribution < 1.29 is 4.42 Å². The van der Waals surface area contributed by atoms with Crippen molar-refractivity contribution in [2.45, 2.75) is 19.3 Å². The third-order valence-electron chi connectivity index (χ3n) is 13.4. The number of fused-ring (bicyclic) bond motifs is 17. The van der Waals surface area contributed by atoms with Crippen LogP contribution in [0.1, 0.15) is 25.0 Å². The van der Waals surface area contributed by atoms with Crippen LogP contribution < -0.4 is 0 Å². The van der Waals surface area contributed by atoms with Gasteiger partial charge in [0, 0.05) is 16.2 Å². The topological polar surface area (TPSA) is 13.1 Å². The van der Waals surface area contributed by atoms with E-state index in [-0.39, 0.29) is 5.41 Å². The molecule has 1 aliphatic rings. The molecule has 0 amide bonds. The number of furan rings is 1. The van der Waals surface area contributed by atoms with Crippen LogP contribution in [-0.4, -0.2) is 0 Å². The molecule has 1 aliphatic carbocycles. The Morgan fingerprint density at radius 3 is 1.43 bits per heavy atom. The molecule has 0 atom stereocenters. The third-order valence-corrected chi connectivity index (χ3v) is 13.4. The van der Waals surface area contributed by atoms with Crippen molar-refractivity contribution in [3.8, 4) is 33.4 Å². The molecular formula is C57H36O. The first-order valence-corrected chi connectivity index (χ1v) is 20.3. The molecule has 0 bridgehead atoms. The second-order valence-corrected chi connectivity index (χ2v) is 16.8. The van der Waals surface area contributed by atoms with E-state index in [9.17, 15) is 0 Å². The van der Waals surface area contributed by atoms with E-state index in [0.717, 1.165) is 21.9 Å². The summed E-state index contributed by atoms with van der Waals surface area (Å²) in [5, 5.41) is 17.4. The van der Waals surface area contributed by atoms with Crippen molar-refractivity contribution in [1.82, 2.24) is 0 Å². The lowest BCUT2D eigenvalue weighted by molar-refractivity contribution is 0.660. The fraction of sp³-hybridized carbons (Fsp3) is 0.0526. The summed E-state index contributed by atoms with van der Waals surface area (Å²) in [6.07, 6.45) is 0. The minimum Gasteiger partial charge on any atom is -0.456 e. The van der Waals surface area contributed by atoms with E-state index in [2.05, 4.69) is 190 Å². The van der Waals surface area contributed by atoms with Gasteiger partial charge in [0.05, 0.1) is 0 Å². The van der Waals surface area contributed by atoms with Gasteiger partial charge in [-0.2, -0.15) is 0 Å². The minimum absolute atomic E-state index is 0.0221. The molecule has 0 spiro atoms. The smallest absolute Gasteiger partial charge is 0.136 e. The molecule has 270 valence electrons. The van der Waals surface area contributed by atoms with Crippen molar-refractivity contribution in [2.75, 3.05) is 0 Å². The van der Waals surface area contributed by atoms with Gasteiger partial charge in [0.2, 0.25) is 0 Å². The van der Waals surface area contributed by atoms with E-state index >= 15 is 0 Å². The van der Waals surface area contributed by atoms with Crippen molar-refractivity contribution in [1.29, 1.82) is 0 Å². The van der Waals surface area contributed by atoms with Crippen LogP contribution in [0.5, 0.6) is 0 Å². The van der Waals surface area contributed by atoms with Crippen molar-refractivity contribution in [3.05, 3.63) is 193 Å². The first-order chi connectivity index (χ1) is 28.5. The van der Waals surface area contributed by atoms with Crippen LogP contribution in [-0.2, 0) is 5.41 Å². The van der Waals surface area contributed by atoms with E-state index in [1.807, 2.05) is 6.07 Å². The van der Waals surface area contributed by atoms with Crippen molar-refractivity contribution in [3.63, 3.8) is 0 Å². The highest BCUT2D eigenvalue weighted by molar-refractivity contribution is 6.29. The van der Waals surface area contributed by atoms with Crippen molar-refractivity contribution >= 4 is 86.6 Å².